The molecule has 3 rings (SSSR count). The Morgan fingerprint density at radius 2 is 1.80 bits per heavy atom. The molecule has 2 aliphatic rings. The summed E-state index contributed by atoms with van der Waals surface area (Å²) in [6.07, 6.45) is -0.933. The fraction of sp³-hybridized carbons (Fsp3) is 0.538. The zero-order valence-corrected chi connectivity index (χ0v) is 13.8. The molecular formula is C13H15IO5S. The Morgan fingerprint density at radius 1 is 1.15 bits per heavy atom. The van der Waals surface area contributed by atoms with Gasteiger partial charge in [-0.25, -0.2) is 0 Å². The van der Waals surface area contributed by atoms with Crippen molar-refractivity contribution < 1.29 is 22.1 Å². The van der Waals surface area contributed by atoms with E-state index >= 15 is 0 Å². The summed E-state index contributed by atoms with van der Waals surface area (Å²) in [5.41, 5.74) is 1.00. The van der Waals surface area contributed by atoms with E-state index in [4.69, 9.17) is 13.7 Å². The highest BCUT2D eigenvalue weighted by Gasteiger charge is 2.48. The van der Waals surface area contributed by atoms with E-state index in [0.29, 0.717) is 6.61 Å². The smallest absolute Gasteiger partial charge is 0.297 e. The zero-order chi connectivity index (χ0) is 14.3. The van der Waals surface area contributed by atoms with Gasteiger partial charge in [0.2, 0.25) is 0 Å². The van der Waals surface area contributed by atoms with Crippen molar-refractivity contribution >= 4 is 32.7 Å². The minimum absolute atomic E-state index is 0.0752. The van der Waals surface area contributed by atoms with Gasteiger partial charge in [0.25, 0.3) is 10.1 Å². The molecule has 0 radical (unpaired) electrons. The second kappa shape index (κ2) is 5.53. The molecule has 0 saturated carbocycles. The van der Waals surface area contributed by atoms with Crippen molar-refractivity contribution in [1.29, 1.82) is 0 Å². The highest BCUT2D eigenvalue weighted by atomic mass is 127. The first-order valence-corrected chi connectivity index (χ1v) is 9.00. The molecule has 2 aliphatic heterocycles. The van der Waals surface area contributed by atoms with Crippen LogP contribution in [0.5, 0.6) is 0 Å². The van der Waals surface area contributed by atoms with Gasteiger partial charge < -0.3 is 9.47 Å². The van der Waals surface area contributed by atoms with E-state index in [1.807, 2.05) is 6.92 Å². The Labute approximate surface area is 131 Å². The molecule has 20 heavy (non-hydrogen) atoms. The molecule has 2 saturated heterocycles. The van der Waals surface area contributed by atoms with Crippen molar-refractivity contribution in [3.8, 4) is 0 Å². The van der Waals surface area contributed by atoms with Gasteiger partial charge in [-0.15, -0.1) is 0 Å². The second-order valence-electron chi connectivity index (χ2n) is 5.01. The van der Waals surface area contributed by atoms with Crippen molar-refractivity contribution in [2.24, 2.45) is 0 Å². The quantitative estimate of drug-likeness (QED) is 0.431. The molecule has 0 N–H and O–H groups in total. The predicted octanol–water partition coefficient (Wildman–Crippen LogP) is 1.67. The van der Waals surface area contributed by atoms with Crippen LogP contribution in [0.4, 0.5) is 0 Å². The van der Waals surface area contributed by atoms with E-state index in [1.54, 1.807) is 24.3 Å². The van der Waals surface area contributed by atoms with Crippen LogP contribution in [-0.4, -0.2) is 43.9 Å². The van der Waals surface area contributed by atoms with Gasteiger partial charge in [0.15, 0.2) is 0 Å². The Hall–Kier alpha value is -0.220. The van der Waals surface area contributed by atoms with E-state index in [-0.39, 0.29) is 27.6 Å². The van der Waals surface area contributed by atoms with E-state index in [1.165, 1.54) is 0 Å². The standard InChI is InChI=1S/C13H15IO5S/c1-8-2-4-9(5-3-8)20(15,16)19-11-7-18-12-10(14)6-17-13(11)12/h2-5,10-13H,6-7H2,1H3/t10-,11+,12-,13-/m1/s1. The largest absolute Gasteiger partial charge is 0.371 e. The minimum atomic E-state index is -3.78. The first-order chi connectivity index (χ1) is 9.47. The van der Waals surface area contributed by atoms with Crippen LogP contribution in [0, 0.1) is 6.92 Å². The lowest BCUT2D eigenvalue weighted by atomic mass is 10.1. The lowest BCUT2D eigenvalue weighted by Gasteiger charge is -2.16. The molecule has 0 aromatic heterocycles. The average Bonchev–Trinajstić information content (AvgIpc) is 2.95. The van der Waals surface area contributed by atoms with Crippen LogP contribution < -0.4 is 0 Å². The number of hydrogen-bond donors (Lipinski definition) is 0. The summed E-state index contributed by atoms with van der Waals surface area (Å²) < 4.78 is 41.2. The van der Waals surface area contributed by atoms with E-state index < -0.39 is 16.2 Å². The number of halogens is 1. The maximum atomic E-state index is 12.2. The molecule has 1 aromatic rings. The molecule has 2 heterocycles. The Balaban J connectivity index is 1.76. The van der Waals surface area contributed by atoms with Crippen LogP contribution in [0.2, 0.25) is 0 Å². The summed E-state index contributed by atoms with van der Waals surface area (Å²) in [5, 5.41) is 0. The monoisotopic (exact) mass is 410 g/mol. The number of benzene rings is 1. The molecule has 0 amide bonds. The summed E-state index contributed by atoms with van der Waals surface area (Å²) in [6.45, 7) is 2.72. The van der Waals surface area contributed by atoms with Gasteiger partial charge >= 0.3 is 0 Å². The summed E-state index contributed by atoms with van der Waals surface area (Å²) in [6, 6.07) is 6.59. The first-order valence-electron chi connectivity index (χ1n) is 6.34. The molecule has 0 unspecified atom stereocenters. The number of aryl methyl sites for hydroxylation is 1. The molecule has 7 heteroatoms. The van der Waals surface area contributed by atoms with Crippen LogP contribution in [0.1, 0.15) is 5.56 Å². The highest BCUT2D eigenvalue weighted by molar-refractivity contribution is 14.1. The number of alkyl halides is 1. The number of rotatable bonds is 3. The van der Waals surface area contributed by atoms with Gasteiger partial charge in [-0.2, -0.15) is 8.42 Å². The van der Waals surface area contributed by atoms with Crippen LogP contribution >= 0.6 is 22.6 Å². The third kappa shape index (κ3) is 2.74. The molecule has 2 fully saturated rings. The Morgan fingerprint density at radius 3 is 2.50 bits per heavy atom. The average molecular weight is 410 g/mol. The Bertz CT molecular complexity index is 585. The highest BCUT2D eigenvalue weighted by Crippen LogP contribution is 2.34. The lowest BCUT2D eigenvalue weighted by Crippen LogP contribution is -2.33. The second-order valence-corrected chi connectivity index (χ2v) is 8.19. The van der Waals surface area contributed by atoms with Crippen molar-refractivity contribution in [3.63, 3.8) is 0 Å². The van der Waals surface area contributed by atoms with Gasteiger partial charge in [-0.1, -0.05) is 40.3 Å². The fourth-order valence-electron chi connectivity index (χ4n) is 2.42. The van der Waals surface area contributed by atoms with Crippen molar-refractivity contribution in [2.45, 2.75) is 34.1 Å². The number of fused-ring (bicyclic) bond motifs is 1. The zero-order valence-electron chi connectivity index (χ0n) is 10.9. The third-order valence-corrected chi connectivity index (χ3v) is 5.93. The van der Waals surface area contributed by atoms with Gasteiger partial charge in [-0.3, -0.25) is 4.18 Å². The molecule has 0 aliphatic carbocycles. The molecular weight excluding hydrogens is 395 g/mol. The molecule has 4 atom stereocenters. The van der Waals surface area contributed by atoms with Crippen LogP contribution in [0.25, 0.3) is 0 Å². The lowest BCUT2D eigenvalue weighted by molar-refractivity contribution is 0.0337. The van der Waals surface area contributed by atoms with E-state index in [9.17, 15) is 8.42 Å². The third-order valence-electron chi connectivity index (χ3n) is 3.51. The topological polar surface area (TPSA) is 61.8 Å². The van der Waals surface area contributed by atoms with Crippen molar-refractivity contribution in [3.05, 3.63) is 29.8 Å². The fourth-order valence-corrected chi connectivity index (χ4v) is 4.32. The van der Waals surface area contributed by atoms with Gasteiger partial charge in [-0.05, 0) is 19.1 Å². The van der Waals surface area contributed by atoms with Crippen LogP contribution in [-0.2, 0) is 23.8 Å². The summed E-state index contributed by atoms with van der Waals surface area (Å²) in [5.74, 6) is 0. The first kappa shape index (κ1) is 14.7. The maximum Gasteiger partial charge on any atom is 0.297 e. The summed E-state index contributed by atoms with van der Waals surface area (Å²) >= 11 is 2.26. The Kier molecular flexibility index (Phi) is 4.06. The molecule has 0 bridgehead atoms. The molecule has 5 nitrogen and oxygen atoms in total. The van der Waals surface area contributed by atoms with Gasteiger partial charge in [0.05, 0.1) is 22.0 Å². The number of ether oxygens (including phenoxy) is 2. The van der Waals surface area contributed by atoms with Gasteiger partial charge in [0.1, 0.15) is 18.3 Å². The molecule has 110 valence electrons. The summed E-state index contributed by atoms with van der Waals surface area (Å²) in [7, 11) is -3.78. The van der Waals surface area contributed by atoms with E-state index in [0.717, 1.165) is 5.56 Å². The molecule has 0 spiro atoms. The SMILES string of the molecule is Cc1ccc(S(=O)(=O)O[C@H]2CO[C@H]3[C@@H]2OC[C@H]3I)cc1. The van der Waals surface area contributed by atoms with Crippen molar-refractivity contribution in [2.75, 3.05) is 13.2 Å². The molecule has 1 aromatic carbocycles. The summed E-state index contributed by atoms with van der Waals surface area (Å²) in [4.78, 5) is 0.163. The van der Waals surface area contributed by atoms with Crippen LogP contribution in [0.3, 0.4) is 0 Å². The predicted molar refractivity (Wildman–Crippen MR) is 80.5 cm³/mol. The van der Waals surface area contributed by atoms with Crippen molar-refractivity contribution in [1.82, 2.24) is 0 Å². The van der Waals surface area contributed by atoms with E-state index in [2.05, 4.69) is 22.6 Å². The number of hydrogen-bond acceptors (Lipinski definition) is 5. The minimum Gasteiger partial charge on any atom is -0.371 e. The van der Waals surface area contributed by atoms with Crippen LogP contribution in [0.15, 0.2) is 29.2 Å². The maximum absolute atomic E-state index is 12.2. The normalized spacial score (nSPS) is 33.3. The van der Waals surface area contributed by atoms with Gasteiger partial charge in [0, 0.05) is 0 Å².